The molecule has 1 unspecified atom stereocenters. The van der Waals surface area contributed by atoms with Gasteiger partial charge < -0.3 is 0 Å². The van der Waals surface area contributed by atoms with Crippen molar-refractivity contribution >= 4 is 23.1 Å². The SMILES string of the molecule is O=S(Cc1ccccc1)c1nnc2n1C=Cc1ccccc1C2. The van der Waals surface area contributed by atoms with Crippen molar-refractivity contribution in [2.24, 2.45) is 0 Å². The van der Waals surface area contributed by atoms with Crippen molar-refractivity contribution in [1.82, 2.24) is 14.8 Å². The minimum atomic E-state index is -1.23. The average molecular weight is 321 g/mol. The maximum Gasteiger partial charge on any atom is 0.226 e. The topological polar surface area (TPSA) is 47.8 Å². The van der Waals surface area contributed by atoms with E-state index in [0.29, 0.717) is 17.3 Å². The summed E-state index contributed by atoms with van der Waals surface area (Å²) >= 11 is 0. The first-order valence-corrected chi connectivity index (χ1v) is 8.75. The number of aromatic nitrogens is 3. The fourth-order valence-corrected chi connectivity index (χ4v) is 3.85. The summed E-state index contributed by atoms with van der Waals surface area (Å²) in [6.07, 6.45) is 4.64. The molecular formula is C18H15N3OS. The zero-order chi connectivity index (χ0) is 15.6. The van der Waals surface area contributed by atoms with Crippen molar-refractivity contribution in [3.05, 3.63) is 77.1 Å². The van der Waals surface area contributed by atoms with Crippen molar-refractivity contribution in [3.8, 4) is 0 Å². The van der Waals surface area contributed by atoms with Gasteiger partial charge in [-0.15, -0.1) is 10.2 Å². The zero-order valence-electron chi connectivity index (χ0n) is 12.4. The Morgan fingerprint density at radius 1 is 1.00 bits per heavy atom. The normalized spacial score (nSPS) is 13.9. The van der Waals surface area contributed by atoms with E-state index in [0.717, 1.165) is 17.0 Å². The van der Waals surface area contributed by atoms with E-state index >= 15 is 0 Å². The van der Waals surface area contributed by atoms with Gasteiger partial charge in [0.05, 0.1) is 16.6 Å². The number of fused-ring (bicyclic) bond motifs is 2. The molecule has 0 radical (unpaired) electrons. The molecule has 114 valence electrons. The molecule has 1 atom stereocenters. The molecule has 0 saturated carbocycles. The van der Waals surface area contributed by atoms with Gasteiger partial charge in [0.25, 0.3) is 0 Å². The van der Waals surface area contributed by atoms with Gasteiger partial charge in [0.1, 0.15) is 5.82 Å². The molecular weight excluding hydrogens is 306 g/mol. The van der Waals surface area contributed by atoms with Crippen LogP contribution in [0.15, 0.2) is 59.8 Å². The van der Waals surface area contributed by atoms with Crippen LogP contribution in [-0.2, 0) is 23.0 Å². The van der Waals surface area contributed by atoms with Gasteiger partial charge in [0, 0.05) is 12.6 Å². The molecule has 0 fully saturated rings. The molecule has 0 aliphatic carbocycles. The van der Waals surface area contributed by atoms with Crippen molar-refractivity contribution in [2.75, 3.05) is 0 Å². The Morgan fingerprint density at radius 3 is 2.65 bits per heavy atom. The van der Waals surface area contributed by atoms with Crippen molar-refractivity contribution in [3.63, 3.8) is 0 Å². The Balaban J connectivity index is 1.67. The van der Waals surface area contributed by atoms with E-state index in [4.69, 9.17) is 0 Å². The van der Waals surface area contributed by atoms with Crippen LogP contribution in [0.3, 0.4) is 0 Å². The lowest BCUT2D eigenvalue weighted by Crippen LogP contribution is -2.05. The second-order valence-corrected chi connectivity index (χ2v) is 6.78. The maximum atomic E-state index is 12.7. The van der Waals surface area contributed by atoms with Gasteiger partial charge in [0.2, 0.25) is 5.16 Å². The highest BCUT2D eigenvalue weighted by atomic mass is 32.2. The average Bonchev–Trinajstić information content (AvgIpc) is 2.88. The molecule has 0 saturated heterocycles. The molecule has 4 nitrogen and oxygen atoms in total. The Hall–Kier alpha value is -2.53. The quantitative estimate of drug-likeness (QED) is 0.582. The highest BCUT2D eigenvalue weighted by molar-refractivity contribution is 7.84. The summed E-state index contributed by atoms with van der Waals surface area (Å²) < 4.78 is 14.5. The van der Waals surface area contributed by atoms with Crippen LogP contribution >= 0.6 is 0 Å². The Morgan fingerprint density at radius 2 is 1.78 bits per heavy atom. The molecule has 23 heavy (non-hydrogen) atoms. The lowest BCUT2D eigenvalue weighted by atomic mass is 10.1. The van der Waals surface area contributed by atoms with E-state index in [2.05, 4.69) is 22.3 Å². The second-order valence-electron chi connectivity index (χ2n) is 5.44. The fraction of sp³-hybridized carbons (Fsp3) is 0.111. The number of rotatable bonds is 3. The largest absolute Gasteiger partial charge is 0.279 e. The van der Waals surface area contributed by atoms with Gasteiger partial charge in [-0.3, -0.25) is 8.78 Å². The van der Waals surface area contributed by atoms with Crippen LogP contribution in [0.5, 0.6) is 0 Å². The van der Waals surface area contributed by atoms with E-state index in [1.807, 2.05) is 59.3 Å². The molecule has 1 aliphatic heterocycles. The molecule has 0 amide bonds. The molecule has 0 spiro atoms. The minimum absolute atomic E-state index is 0.444. The van der Waals surface area contributed by atoms with Crippen LogP contribution in [0.25, 0.3) is 12.3 Å². The highest BCUT2D eigenvalue weighted by Gasteiger charge is 2.19. The lowest BCUT2D eigenvalue weighted by Gasteiger charge is -2.04. The second kappa shape index (κ2) is 5.93. The predicted molar refractivity (Wildman–Crippen MR) is 91.0 cm³/mol. The number of nitrogens with zero attached hydrogens (tertiary/aromatic N) is 3. The Kier molecular flexibility index (Phi) is 3.63. The van der Waals surface area contributed by atoms with Crippen LogP contribution in [0.4, 0.5) is 0 Å². The summed E-state index contributed by atoms with van der Waals surface area (Å²) in [7, 11) is -1.23. The first kappa shape index (κ1) is 14.1. The lowest BCUT2D eigenvalue weighted by molar-refractivity contribution is 0.672. The molecule has 1 aliphatic rings. The third-order valence-electron chi connectivity index (χ3n) is 3.89. The van der Waals surface area contributed by atoms with Gasteiger partial charge in [-0.2, -0.15) is 0 Å². The molecule has 0 bridgehead atoms. The van der Waals surface area contributed by atoms with Crippen LogP contribution in [0.1, 0.15) is 22.5 Å². The number of hydrogen-bond acceptors (Lipinski definition) is 3. The van der Waals surface area contributed by atoms with E-state index in [1.165, 1.54) is 5.56 Å². The van der Waals surface area contributed by atoms with Crippen LogP contribution in [0.2, 0.25) is 0 Å². The predicted octanol–water partition coefficient (Wildman–Crippen LogP) is 3.12. The van der Waals surface area contributed by atoms with E-state index in [9.17, 15) is 4.21 Å². The van der Waals surface area contributed by atoms with Crippen LogP contribution in [-0.4, -0.2) is 19.0 Å². The summed E-state index contributed by atoms with van der Waals surface area (Å²) in [6, 6.07) is 18.0. The fourth-order valence-electron chi connectivity index (χ4n) is 2.71. The van der Waals surface area contributed by atoms with Gasteiger partial charge in [0.15, 0.2) is 0 Å². The zero-order valence-corrected chi connectivity index (χ0v) is 13.2. The summed E-state index contributed by atoms with van der Waals surface area (Å²) in [5.41, 5.74) is 3.40. The monoisotopic (exact) mass is 321 g/mol. The summed E-state index contributed by atoms with van der Waals surface area (Å²) in [6.45, 7) is 0. The van der Waals surface area contributed by atoms with Crippen molar-refractivity contribution in [1.29, 1.82) is 0 Å². The van der Waals surface area contributed by atoms with E-state index in [1.54, 1.807) is 0 Å². The first-order chi connectivity index (χ1) is 11.3. The van der Waals surface area contributed by atoms with Crippen LogP contribution < -0.4 is 0 Å². The van der Waals surface area contributed by atoms with E-state index in [-0.39, 0.29) is 0 Å². The molecule has 1 aromatic heterocycles. The van der Waals surface area contributed by atoms with Gasteiger partial charge in [-0.05, 0) is 22.8 Å². The number of hydrogen-bond donors (Lipinski definition) is 0. The Bertz CT molecular complexity index is 900. The van der Waals surface area contributed by atoms with Gasteiger partial charge in [-0.1, -0.05) is 54.6 Å². The number of benzene rings is 2. The standard InChI is InChI=1S/C18H15N3OS/c22-23(13-14-6-2-1-3-7-14)18-20-19-17-12-16-9-5-4-8-15(16)10-11-21(17)18/h1-11H,12-13H2. The molecule has 4 rings (SSSR count). The van der Waals surface area contributed by atoms with E-state index < -0.39 is 10.8 Å². The maximum absolute atomic E-state index is 12.7. The van der Waals surface area contributed by atoms with Gasteiger partial charge in [-0.25, -0.2) is 0 Å². The first-order valence-electron chi connectivity index (χ1n) is 7.43. The van der Waals surface area contributed by atoms with Crippen molar-refractivity contribution in [2.45, 2.75) is 17.3 Å². The summed E-state index contributed by atoms with van der Waals surface area (Å²) in [5, 5.41) is 8.92. The molecule has 5 heteroatoms. The molecule has 2 heterocycles. The third-order valence-corrected chi connectivity index (χ3v) is 5.17. The molecule has 2 aromatic carbocycles. The molecule has 0 N–H and O–H groups in total. The van der Waals surface area contributed by atoms with Crippen molar-refractivity contribution < 1.29 is 4.21 Å². The van der Waals surface area contributed by atoms with Crippen LogP contribution in [0, 0.1) is 0 Å². The minimum Gasteiger partial charge on any atom is -0.279 e. The third kappa shape index (κ3) is 2.75. The summed E-state index contributed by atoms with van der Waals surface area (Å²) in [5.74, 6) is 1.27. The smallest absolute Gasteiger partial charge is 0.226 e. The summed E-state index contributed by atoms with van der Waals surface area (Å²) in [4.78, 5) is 0. The Labute approximate surface area is 137 Å². The van der Waals surface area contributed by atoms with Gasteiger partial charge >= 0.3 is 0 Å². The molecule has 3 aromatic rings. The highest BCUT2D eigenvalue weighted by Crippen LogP contribution is 2.22.